The van der Waals surface area contributed by atoms with Gasteiger partial charge in [0.05, 0.1) is 5.92 Å². The van der Waals surface area contributed by atoms with E-state index in [0.29, 0.717) is 11.5 Å². The van der Waals surface area contributed by atoms with E-state index >= 15 is 0 Å². The molecule has 0 bridgehead atoms. The van der Waals surface area contributed by atoms with Crippen LogP contribution in [-0.2, 0) is 9.59 Å². The minimum Gasteiger partial charge on any atom is -0.427 e. The Kier molecular flexibility index (Phi) is 6.33. The molecule has 0 atom stereocenters. The number of hydrogen-bond donors (Lipinski definition) is 0. The summed E-state index contributed by atoms with van der Waals surface area (Å²) >= 11 is 18.5. The lowest BCUT2D eigenvalue weighted by Crippen LogP contribution is -2.18. The first-order chi connectivity index (χ1) is 11.7. The van der Waals surface area contributed by atoms with E-state index in [2.05, 4.69) is 0 Å². The van der Waals surface area contributed by atoms with E-state index in [9.17, 15) is 9.59 Å². The van der Waals surface area contributed by atoms with Crippen LogP contribution < -0.4 is 9.47 Å². The molecule has 2 aromatic rings. The van der Waals surface area contributed by atoms with Crippen LogP contribution in [0.1, 0.15) is 30.9 Å². The Balaban J connectivity index is 2.33. The molecule has 0 radical (unpaired) electrons. The maximum Gasteiger partial charge on any atom is 0.308 e. The smallest absolute Gasteiger partial charge is 0.308 e. The summed E-state index contributed by atoms with van der Waals surface area (Å²) in [6, 6.07) is 13.4. The summed E-state index contributed by atoms with van der Waals surface area (Å²) in [6.45, 7) is 2.64. The van der Waals surface area contributed by atoms with Crippen molar-refractivity contribution < 1.29 is 19.1 Å². The lowest BCUT2D eigenvalue weighted by molar-refractivity contribution is -0.132. The van der Waals surface area contributed by atoms with Crippen molar-refractivity contribution in [1.82, 2.24) is 0 Å². The zero-order chi connectivity index (χ0) is 18.6. The standard InChI is InChI=1S/C18H15Cl3O4/c1-11(22)24-15-7-3-13(4-8-15)17(18(19,20)21)14-5-9-16(10-6-14)25-12(2)23/h3-10,17H,1-2H3. The van der Waals surface area contributed by atoms with Gasteiger partial charge in [0.2, 0.25) is 3.79 Å². The van der Waals surface area contributed by atoms with Gasteiger partial charge in [-0.3, -0.25) is 9.59 Å². The average Bonchev–Trinajstić information content (AvgIpc) is 2.48. The molecule has 0 fully saturated rings. The number of hydrogen-bond acceptors (Lipinski definition) is 4. The Labute approximate surface area is 160 Å². The van der Waals surface area contributed by atoms with Gasteiger partial charge in [0.25, 0.3) is 0 Å². The molecule has 2 aromatic carbocycles. The normalized spacial score (nSPS) is 11.3. The van der Waals surface area contributed by atoms with Gasteiger partial charge in [0, 0.05) is 13.8 Å². The largest absolute Gasteiger partial charge is 0.427 e. The minimum absolute atomic E-state index is 0.407. The lowest BCUT2D eigenvalue weighted by atomic mass is 9.92. The summed E-state index contributed by atoms with van der Waals surface area (Å²) in [6.07, 6.45) is 0. The van der Waals surface area contributed by atoms with Crippen molar-refractivity contribution in [2.45, 2.75) is 23.6 Å². The fourth-order valence-electron chi connectivity index (χ4n) is 2.36. The van der Waals surface area contributed by atoms with Gasteiger partial charge in [0.1, 0.15) is 11.5 Å². The van der Waals surface area contributed by atoms with Gasteiger partial charge in [0.15, 0.2) is 0 Å². The SMILES string of the molecule is CC(=O)Oc1ccc(C(c2ccc(OC(C)=O)cc2)C(Cl)(Cl)Cl)cc1. The van der Waals surface area contributed by atoms with E-state index in [1.807, 2.05) is 0 Å². The molecule has 0 unspecified atom stereocenters. The third kappa shape index (κ3) is 5.63. The molecule has 0 saturated heterocycles. The van der Waals surface area contributed by atoms with E-state index in [-0.39, 0.29) is 0 Å². The van der Waals surface area contributed by atoms with Gasteiger partial charge in [-0.2, -0.15) is 0 Å². The summed E-state index contributed by atoms with van der Waals surface area (Å²) in [4.78, 5) is 22.0. The number of rotatable bonds is 4. The fraction of sp³-hybridized carbons (Fsp3) is 0.222. The molecule has 7 heteroatoms. The summed E-state index contributed by atoms with van der Waals surface area (Å²) < 4.78 is 8.41. The molecule has 0 aliphatic heterocycles. The van der Waals surface area contributed by atoms with Crippen LogP contribution in [-0.4, -0.2) is 15.7 Å². The number of carbonyl (C=O) groups is 2. The third-order valence-electron chi connectivity index (χ3n) is 3.28. The molecule has 0 amide bonds. The Morgan fingerprint density at radius 3 is 1.32 bits per heavy atom. The van der Waals surface area contributed by atoms with Crippen LogP contribution in [0.4, 0.5) is 0 Å². The molecule has 0 heterocycles. The van der Waals surface area contributed by atoms with Gasteiger partial charge in [-0.1, -0.05) is 59.1 Å². The fourth-order valence-corrected chi connectivity index (χ4v) is 3.11. The highest BCUT2D eigenvalue weighted by atomic mass is 35.6. The molecule has 2 rings (SSSR count). The minimum atomic E-state index is -1.61. The lowest BCUT2D eigenvalue weighted by Gasteiger charge is -2.25. The van der Waals surface area contributed by atoms with E-state index in [1.54, 1.807) is 48.5 Å². The van der Waals surface area contributed by atoms with Crippen LogP contribution in [0.3, 0.4) is 0 Å². The molecule has 0 aliphatic rings. The monoisotopic (exact) mass is 400 g/mol. The first kappa shape index (κ1) is 19.6. The maximum atomic E-state index is 11.0. The van der Waals surface area contributed by atoms with Crippen LogP contribution in [0.5, 0.6) is 11.5 Å². The van der Waals surface area contributed by atoms with Gasteiger partial charge in [-0.25, -0.2) is 0 Å². The second-order valence-corrected chi connectivity index (χ2v) is 7.67. The van der Waals surface area contributed by atoms with Crippen molar-refractivity contribution in [2.75, 3.05) is 0 Å². The zero-order valence-corrected chi connectivity index (χ0v) is 15.7. The average molecular weight is 402 g/mol. The molecular formula is C18H15Cl3O4. The predicted octanol–water partition coefficient (Wildman–Crippen LogP) is 5.04. The van der Waals surface area contributed by atoms with Crippen molar-refractivity contribution in [3.63, 3.8) is 0 Å². The van der Waals surface area contributed by atoms with Crippen molar-refractivity contribution in [3.8, 4) is 11.5 Å². The molecular weight excluding hydrogens is 387 g/mol. The van der Waals surface area contributed by atoms with Crippen molar-refractivity contribution >= 4 is 46.7 Å². The number of carbonyl (C=O) groups excluding carboxylic acids is 2. The molecule has 4 nitrogen and oxygen atoms in total. The van der Waals surface area contributed by atoms with E-state index in [0.717, 1.165) is 11.1 Å². The van der Waals surface area contributed by atoms with Gasteiger partial charge in [-0.05, 0) is 35.4 Å². The number of ether oxygens (including phenoxy) is 2. The second kappa shape index (κ2) is 8.09. The first-order valence-corrected chi connectivity index (χ1v) is 8.43. The van der Waals surface area contributed by atoms with Crippen LogP contribution >= 0.6 is 34.8 Å². The molecule has 132 valence electrons. The predicted molar refractivity (Wildman–Crippen MR) is 97.6 cm³/mol. The van der Waals surface area contributed by atoms with Gasteiger partial charge >= 0.3 is 11.9 Å². The molecule has 0 aliphatic carbocycles. The Bertz CT molecular complexity index is 690. The highest BCUT2D eigenvalue weighted by Crippen LogP contribution is 2.46. The third-order valence-corrected chi connectivity index (χ3v) is 3.93. The van der Waals surface area contributed by atoms with E-state index in [4.69, 9.17) is 44.3 Å². The molecule has 0 saturated carbocycles. The summed E-state index contributed by atoms with van der Waals surface area (Å²) in [7, 11) is 0. The van der Waals surface area contributed by atoms with Crippen LogP contribution in [0.2, 0.25) is 0 Å². The number of alkyl halides is 3. The van der Waals surface area contributed by atoms with Gasteiger partial charge in [-0.15, -0.1) is 0 Å². The van der Waals surface area contributed by atoms with Crippen LogP contribution in [0.25, 0.3) is 0 Å². The number of esters is 2. The summed E-state index contributed by atoms with van der Waals surface area (Å²) in [5.74, 6) is -0.567. The molecule has 25 heavy (non-hydrogen) atoms. The highest BCUT2D eigenvalue weighted by Gasteiger charge is 2.35. The van der Waals surface area contributed by atoms with E-state index < -0.39 is 21.6 Å². The Morgan fingerprint density at radius 1 is 0.760 bits per heavy atom. The van der Waals surface area contributed by atoms with Crippen molar-refractivity contribution in [3.05, 3.63) is 59.7 Å². The first-order valence-electron chi connectivity index (χ1n) is 7.30. The number of benzene rings is 2. The number of halogens is 3. The Hall–Kier alpha value is -1.75. The highest BCUT2D eigenvalue weighted by molar-refractivity contribution is 6.68. The van der Waals surface area contributed by atoms with Crippen LogP contribution in [0.15, 0.2) is 48.5 Å². The summed E-state index contributed by atoms with van der Waals surface area (Å²) in [5.41, 5.74) is 1.47. The Morgan fingerprint density at radius 2 is 1.08 bits per heavy atom. The topological polar surface area (TPSA) is 52.6 Å². The molecule has 0 aromatic heterocycles. The van der Waals surface area contributed by atoms with Crippen LogP contribution in [0, 0.1) is 0 Å². The van der Waals surface area contributed by atoms with Crippen molar-refractivity contribution in [2.24, 2.45) is 0 Å². The molecule has 0 spiro atoms. The van der Waals surface area contributed by atoms with E-state index in [1.165, 1.54) is 13.8 Å². The molecule has 0 N–H and O–H groups in total. The quantitative estimate of drug-likeness (QED) is 0.409. The van der Waals surface area contributed by atoms with Gasteiger partial charge < -0.3 is 9.47 Å². The summed E-state index contributed by atoms with van der Waals surface area (Å²) in [5, 5.41) is 0. The maximum absolute atomic E-state index is 11.0. The second-order valence-electron chi connectivity index (χ2n) is 5.30. The van der Waals surface area contributed by atoms with Crippen molar-refractivity contribution in [1.29, 1.82) is 0 Å². The zero-order valence-electron chi connectivity index (χ0n) is 13.5.